The molecule has 2 unspecified atom stereocenters. The Morgan fingerprint density at radius 2 is 1.81 bits per heavy atom. The molecule has 0 saturated carbocycles. The molecule has 0 N–H and O–H groups in total. The molecule has 2 aromatic carbocycles. The van der Waals surface area contributed by atoms with Gasteiger partial charge in [0.25, 0.3) is 0 Å². The summed E-state index contributed by atoms with van der Waals surface area (Å²) in [5, 5.41) is 8.91. The molecule has 1 aliphatic rings. The molecule has 2 atom stereocenters. The fourth-order valence-electron chi connectivity index (χ4n) is 2.88. The number of hydrogen-bond donors (Lipinski definition) is 0. The van der Waals surface area contributed by atoms with Crippen molar-refractivity contribution in [1.29, 1.82) is 5.26 Å². The van der Waals surface area contributed by atoms with Crippen LogP contribution in [0.25, 0.3) is 0 Å². The Hall–Kier alpha value is -2.25. The molecule has 0 bridgehead atoms. The van der Waals surface area contributed by atoms with Crippen LogP contribution in [0.3, 0.4) is 0 Å². The van der Waals surface area contributed by atoms with Gasteiger partial charge < -0.3 is 0 Å². The lowest BCUT2D eigenvalue weighted by Gasteiger charge is -2.28. The van der Waals surface area contributed by atoms with Crippen LogP contribution in [0.15, 0.2) is 59.5 Å². The molecular formula is C17H16N2OS. The summed E-state index contributed by atoms with van der Waals surface area (Å²) in [4.78, 5) is 0.789. The Kier molecular flexibility index (Phi) is 3.44. The van der Waals surface area contributed by atoms with Gasteiger partial charge in [-0.05, 0) is 36.1 Å². The fourth-order valence-corrected chi connectivity index (χ4v) is 5.05. The van der Waals surface area contributed by atoms with Crippen molar-refractivity contribution in [3.63, 3.8) is 0 Å². The van der Waals surface area contributed by atoms with Gasteiger partial charge >= 0.3 is 0 Å². The first-order valence-corrected chi connectivity index (χ1v) is 8.52. The Morgan fingerprint density at radius 1 is 1.14 bits per heavy atom. The molecule has 0 spiro atoms. The zero-order valence-electron chi connectivity index (χ0n) is 11.6. The molecule has 1 heterocycles. The normalized spacial score (nSPS) is 23.6. The van der Waals surface area contributed by atoms with Crippen LogP contribution in [-0.2, 0) is 9.71 Å². The number of fused-ring (bicyclic) bond motifs is 1. The van der Waals surface area contributed by atoms with E-state index in [-0.39, 0.29) is 6.04 Å². The Morgan fingerprint density at radius 3 is 2.52 bits per heavy atom. The highest BCUT2D eigenvalue weighted by Gasteiger charge is 2.37. The number of para-hydroxylation sites is 1. The van der Waals surface area contributed by atoms with Crippen molar-refractivity contribution in [2.24, 2.45) is 0 Å². The second kappa shape index (κ2) is 5.27. The summed E-state index contributed by atoms with van der Waals surface area (Å²) in [6.45, 7) is 0. The number of anilines is 1. The third kappa shape index (κ3) is 2.20. The number of nitriles is 1. The van der Waals surface area contributed by atoms with E-state index in [1.807, 2.05) is 58.9 Å². The van der Waals surface area contributed by atoms with Gasteiger partial charge in [0, 0.05) is 12.1 Å². The van der Waals surface area contributed by atoms with Crippen molar-refractivity contribution in [3.05, 3.63) is 60.2 Å². The quantitative estimate of drug-likeness (QED) is 0.813. The average molecular weight is 296 g/mol. The van der Waals surface area contributed by atoms with Crippen LogP contribution in [0.1, 0.15) is 24.4 Å². The largest absolute Gasteiger partial charge is 0.288 e. The zero-order chi connectivity index (χ0) is 14.9. The molecule has 3 nitrogen and oxygen atoms in total. The standard InChI is InChI=1S/C17H16N2OS/c1-21(20)17-12-6-5-10-15(17)16(11-7-13-18)19(21)14-8-3-2-4-9-14/h2-6,8-10,12,16H,1,7,11H2. The summed E-state index contributed by atoms with van der Waals surface area (Å²) in [5.74, 6) is 4.00. The minimum Gasteiger partial charge on any atom is -0.288 e. The van der Waals surface area contributed by atoms with Crippen LogP contribution in [0, 0.1) is 11.3 Å². The lowest BCUT2D eigenvalue weighted by Crippen LogP contribution is -2.27. The van der Waals surface area contributed by atoms with Gasteiger partial charge in [-0.2, -0.15) is 5.26 Å². The summed E-state index contributed by atoms with van der Waals surface area (Å²) in [7, 11) is -2.56. The summed E-state index contributed by atoms with van der Waals surface area (Å²) >= 11 is 0. The summed E-state index contributed by atoms with van der Waals surface area (Å²) in [6.07, 6.45) is 1.08. The first kappa shape index (κ1) is 13.7. The van der Waals surface area contributed by atoms with Gasteiger partial charge in [0.05, 0.1) is 26.7 Å². The van der Waals surface area contributed by atoms with Gasteiger partial charge in [0.1, 0.15) is 0 Å². The van der Waals surface area contributed by atoms with E-state index in [9.17, 15) is 4.21 Å². The highest BCUT2D eigenvalue weighted by molar-refractivity contribution is 8.02. The second-order valence-electron chi connectivity index (χ2n) is 5.05. The first-order valence-electron chi connectivity index (χ1n) is 6.84. The molecular weight excluding hydrogens is 280 g/mol. The third-order valence-corrected chi connectivity index (χ3v) is 5.92. The van der Waals surface area contributed by atoms with Crippen molar-refractivity contribution >= 4 is 21.3 Å². The smallest absolute Gasteiger partial charge is 0.0772 e. The molecule has 0 radical (unpaired) electrons. The lowest BCUT2D eigenvalue weighted by molar-refractivity contribution is 0.653. The Labute approximate surface area is 125 Å². The molecule has 106 valence electrons. The lowest BCUT2D eigenvalue weighted by atomic mass is 10.0. The Balaban J connectivity index is 2.16. The van der Waals surface area contributed by atoms with Crippen LogP contribution >= 0.6 is 0 Å². The monoisotopic (exact) mass is 296 g/mol. The van der Waals surface area contributed by atoms with E-state index in [0.717, 1.165) is 16.1 Å². The van der Waals surface area contributed by atoms with E-state index >= 15 is 0 Å². The number of nitrogens with zero attached hydrogens (tertiary/aromatic N) is 2. The maximum absolute atomic E-state index is 13.2. The third-order valence-electron chi connectivity index (χ3n) is 3.76. The average Bonchev–Trinajstić information content (AvgIpc) is 2.74. The van der Waals surface area contributed by atoms with Crippen LogP contribution in [-0.4, -0.2) is 10.1 Å². The molecule has 3 rings (SSSR count). The summed E-state index contributed by atoms with van der Waals surface area (Å²) < 4.78 is 15.1. The SMILES string of the molecule is C=S1(=O)c2ccccc2C(CCC#N)N1c1ccccc1. The number of hydrogen-bond acceptors (Lipinski definition) is 2. The molecule has 0 fully saturated rings. The first-order chi connectivity index (χ1) is 10.2. The molecule has 4 heteroatoms. The van der Waals surface area contributed by atoms with Crippen molar-refractivity contribution in [3.8, 4) is 6.07 Å². The highest BCUT2D eigenvalue weighted by Crippen LogP contribution is 2.44. The van der Waals surface area contributed by atoms with Gasteiger partial charge in [0.2, 0.25) is 0 Å². The van der Waals surface area contributed by atoms with Crippen LogP contribution in [0.4, 0.5) is 5.69 Å². The molecule has 0 saturated heterocycles. The molecule has 0 aromatic heterocycles. The maximum Gasteiger partial charge on any atom is 0.0772 e. The predicted molar refractivity (Wildman–Crippen MR) is 86.5 cm³/mol. The van der Waals surface area contributed by atoms with E-state index < -0.39 is 9.71 Å². The van der Waals surface area contributed by atoms with Crippen molar-refractivity contribution in [2.75, 3.05) is 4.31 Å². The second-order valence-corrected chi connectivity index (χ2v) is 7.17. The van der Waals surface area contributed by atoms with E-state index in [0.29, 0.717) is 12.8 Å². The summed E-state index contributed by atoms with van der Waals surface area (Å²) in [5.41, 5.74) is 1.91. The molecule has 1 aliphatic heterocycles. The summed E-state index contributed by atoms with van der Waals surface area (Å²) in [6, 6.07) is 19.5. The van der Waals surface area contributed by atoms with Gasteiger partial charge in [-0.3, -0.25) is 4.31 Å². The number of rotatable bonds is 3. The highest BCUT2D eigenvalue weighted by atomic mass is 32.2. The minimum atomic E-state index is -2.56. The Bertz CT molecular complexity index is 791. The molecule has 21 heavy (non-hydrogen) atoms. The van der Waals surface area contributed by atoms with E-state index in [1.165, 1.54) is 0 Å². The minimum absolute atomic E-state index is 0.0618. The van der Waals surface area contributed by atoms with Gasteiger partial charge in [0.15, 0.2) is 0 Å². The number of benzene rings is 2. The van der Waals surface area contributed by atoms with Crippen molar-refractivity contribution in [1.82, 2.24) is 0 Å². The topological polar surface area (TPSA) is 44.1 Å². The van der Waals surface area contributed by atoms with E-state index in [1.54, 1.807) is 0 Å². The van der Waals surface area contributed by atoms with Crippen molar-refractivity contribution < 1.29 is 4.21 Å². The van der Waals surface area contributed by atoms with Crippen LogP contribution in [0.5, 0.6) is 0 Å². The van der Waals surface area contributed by atoms with Gasteiger partial charge in [-0.15, -0.1) is 0 Å². The van der Waals surface area contributed by atoms with Crippen molar-refractivity contribution in [2.45, 2.75) is 23.8 Å². The predicted octanol–water partition coefficient (Wildman–Crippen LogP) is 3.54. The molecule has 0 amide bonds. The van der Waals surface area contributed by atoms with E-state index in [2.05, 4.69) is 11.9 Å². The maximum atomic E-state index is 13.2. The van der Waals surface area contributed by atoms with Gasteiger partial charge in [-0.25, -0.2) is 4.21 Å². The fraction of sp³-hybridized carbons (Fsp3) is 0.176. The van der Waals surface area contributed by atoms with Crippen LogP contribution in [0.2, 0.25) is 0 Å². The zero-order valence-corrected chi connectivity index (χ0v) is 12.4. The van der Waals surface area contributed by atoms with Crippen LogP contribution < -0.4 is 4.31 Å². The van der Waals surface area contributed by atoms with E-state index in [4.69, 9.17) is 5.26 Å². The molecule has 0 aliphatic carbocycles. The molecule has 2 aromatic rings. The van der Waals surface area contributed by atoms with Gasteiger partial charge in [-0.1, -0.05) is 36.4 Å².